The van der Waals surface area contributed by atoms with E-state index in [1.54, 1.807) is 0 Å². The molecule has 0 bridgehead atoms. The highest BCUT2D eigenvalue weighted by molar-refractivity contribution is 5.37. The minimum Gasteiger partial charge on any atom is -0.493 e. The average molecular weight is 284 g/mol. The highest BCUT2D eigenvalue weighted by Crippen LogP contribution is 2.41. The lowest BCUT2D eigenvalue weighted by molar-refractivity contribution is 0.137. The number of imidazole rings is 1. The third-order valence-corrected chi connectivity index (χ3v) is 4.57. The van der Waals surface area contributed by atoms with Gasteiger partial charge in [0.1, 0.15) is 5.75 Å². The Labute approximate surface area is 124 Å². The first-order valence-electron chi connectivity index (χ1n) is 7.74. The molecule has 2 unspecified atom stereocenters. The fourth-order valence-corrected chi connectivity index (χ4v) is 3.28. The van der Waals surface area contributed by atoms with Gasteiger partial charge in [0.2, 0.25) is 0 Å². The van der Waals surface area contributed by atoms with Crippen LogP contribution in [0.3, 0.4) is 0 Å². The minimum atomic E-state index is -0.454. The lowest BCUT2D eigenvalue weighted by Gasteiger charge is -2.27. The number of nitrogens with zero attached hydrogens (tertiary/aromatic N) is 2. The number of benzene rings is 1. The Morgan fingerprint density at radius 1 is 1.29 bits per heavy atom. The van der Waals surface area contributed by atoms with Crippen LogP contribution in [0.25, 0.3) is 0 Å². The molecule has 1 aliphatic carbocycles. The van der Waals surface area contributed by atoms with Crippen molar-refractivity contribution in [1.29, 1.82) is 0 Å². The second-order valence-electron chi connectivity index (χ2n) is 6.08. The van der Waals surface area contributed by atoms with E-state index in [0.717, 1.165) is 30.9 Å². The van der Waals surface area contributed by atoms with Crippen LogP contribution < -0.4 is 4.74 Å². The molecule has 0 amide bonds. The van der Waals surface area contributed by atoms with Crippen LogP contribution in [-0.4, -0.2) is 21.3 Å². The molecular formula is C17H20N2O2. The molecular weight excluding hydrogens is 264 g/mol. The van der Waals surface area contributed by atoms with Gasteiger partial charge in [0, 0.05) is 6.04 Å². The van der Waals surface area contributed by atoms with Crippen LogP contribution in [0, 0.1) is 0 Å². The van der Waals surface area contributed by atoms with E-state index in [4.69, 9.17) is 4.74 Å². The quantitative estimate of drug-likeness (QED) is 0.937. The predicted octanol–water partition coefficient (Wildman–Crippen LogP) is 3.21. The number of hydrogen-bond acceptors (Lipinski definition) is 3. The van der Waals surface area contributed by atoms with E-state index in [-0.39, 0.29) is 0 Å². The number of rotatable bonds is 4. The first kappa shape index (κ1) is 12.9. The lowest BCUT2D eigenvalue weighted by Crippen LogP contribution is -2.17. The molecule has 1 saturated carbocycles. The van der Waals surface area contributed by atoms with Crippen LogP contribution in [0.4, 0.5) is 0 Å². The summed E-state index contributed by atoms with van der Waals surface area (Å²) in [5, 5.41) is 10.6. The Bertz CT molecular complexity index is 633. The number of aliphatic hydroxyl groups excluding tert-OH is 1. The minimum absolute atomic E-state index is 0.354. The van der Waals surface area contributed by atoms with E-state index < -0.39 is 6.10 Å². The van der Waals surface area contributed by atoms with Gasteiger partial charge in [0.25, 0.3) is 0 Å². The second kappa shape index (κ2) is 5.19. The average Bonchev–Trinajstić information content (AvgIpc) is 3.24. The summed E-state index contributed by atoms with van der Waals surface area (Å²) >= 11 is 0. The molecule has 0 saturated heterocycles. The molecule has 0 spiro atoms. The van der Waals surface area contributed by atoms with Crippen molar-refractivity contribution >= 4 is 0 Å². The van der Waals surface area contributed by atoms with Crippen molar-refractivity contribution in [2.75, 3.05) is 6.61 Å². The summed E-state index contributed by atoms with van der Waals surface area (Å²) in [5.74, 6) is 1.32. The van der Waals surface area contributed by atoms with E-state index in [9.17, 15) is 5.11 Å². The normalized spacial score (nSPS) is 22.4. The van der Waals surface area contributed by atoms with Crippen LogP contribution >= 0.6 is 0 Å². The zero-order chi connectivity index (χ0) is 14.2. The molecule has 4 heteroatoms. The smallest absolute Gasteiger partial charge is 0.122 e. The van der Waals surface area contributed by atoms with E-state index in [1.165, 1.54) is 18.4 Å². The monoisotopic (exact) mass is 284 g/mol. The first-order valence-corrected chi connectivity index (χ1v) is 7.74. The number of ether oxygens (including phenoxy) is 1. The Morgan fingerprint density at radius 3 is 3.00 bits per heavy atom. The van der Waals surface area contributed by atoms with Gasteiger partial charge < -0.3 is 14.4 Å². The standard InChI is InChI=1S/C17H20N2O2/c20-16(15-10-18-11-19(15)13-5-6-13)9-12-7-8-21-17-4-2-1-3-14(12)17/h1-4,10-13,16,20H,5-9H2. The molecule has 2 aromatic rings. The summed E-state index contributed by atoms with van der Waals surface area (Å²) in [4.78, 5) is 4.22. The SMILES string of the molecule is OC(CC1CCOc2ccccc21)c1cncn1C1CC1. The molecule has 1 aromatic carbocycles. The fourth-order valence-electron chi connectivity index (χ4n) is 3.28. The maximum absolute atomic E-state index is 10.6. The topological polar surface area (TPSA) is 47.3 Å². The zero-order valence-electron chi connectivity index (χ0n) is 12.0. The maximum atomic E-state index is 10.6. The highest BCUT2D eigenvalue weighted by Gasteiger charge is 2.30. The van der Waals surface area contributed by atoms with E-state index in [2.05, 4.69) is 15.6 Å². The van der Waals surface area contributed by atoms with Crippen molar-refractivity contribution in [2.45, 2.75) is 43.7 Å². The molecule has 1 N–H and O–H groups in total. The van der Waals surface area contributed by atoms with Crippen molar-refractivity contribution in [1.82, 2.24) is 9.55 Å². The number of para-hydroxylation sites is 1. The molecule has 4 nitrogen and oxygen atoms in total. The van der Waals surface area contributed by atoms with Crippen LogP contribution in [0.1, 0.15) is 55.0 Å². The Kier molecular flexibility index (Phi) is 3.19. The molecule has 4 rings (SSSR count). The van der Waals surface area contributed by atoms with Crippen molar-refractivity contribution in [3.05, 3.63) is 48.0 Å². The zero-order valence-corrected chi connectivity index (χ0v) is 12.0. The molecule has 1 aliphatic heterocycles. The van der Waals surface area contributed by atoms with Crippen molar-refractivity contribution < 1.29 is 9.84 Å². The fraction of sp³-hybridized carbons (Fsp3) is 0.471. The van der Waals surface area contributed by atoms with Gasteiger partial charge in [0.15, 0.2) is 0 Å². The summed E-state index contributed by atoms with van der Waals surface area (Å²) in [6.07, 6.45) is 7.32. The lowest BCUT2D eigenvalue weighted by atomic mass is 9.87. The molecule has 21 heavy (non-hydrogen) atoms. The third kappa shape index (κ3) is 2.44. The molecule has 1 aromatic heterocycles. The largest absolute Gasteiger partial charge is 0.493 e. The van der Waals surface area contributed by atoms with Crippen LogP contribution in [0.2, 0.25) is 0 Å². The van der Waals surface area contributed by atoms with Crippen LogP contribution in [0.5, 0.6) is 5.75 Å². The van der Waals surface area contributed by atoms with Crippen LogP contribution in [0.15, 0.2) is 36.8 Å². The summed E-state index contributed by atoms with van der Waals surface area (Å²) in [7, 11) is 0. The summed E-state index contributed by atoms with van der Waals surface area (Å²) < 4.78 is 7.85. The van der Waals surface area contributed by atoms with Gasteiger partial charge in [-0.25, -0.2) is 4.98 Å². The molecule has 110 valence electrons. The van der Waals surface area contributed by atoms with E-state index >= 15 is 0 Å². The Hall–Kier alpha value is -1.81. The summed E-state index contributed by atoms with van der Waals surface area (Å²) in [5.41, 5.74) is 2.18. The van der Waals surface area contributed by atoms with Gasteiger partial charge in [-0.05, 0) is 43.2 Å². The first-order chi connectivity index (χ1) is 10.3. The number of aliphatic hydroxyl groups is 1. The highest BCUT2D eigenvalue weighted by atomic mass is 16.5. The molecule has 2 atom stereocenters. The summed E-state index contributed by atoms with van der Waals surface area (Å²) in [6.45, 7) is 0.732. The van der Waals surface area contributed by atoms with Crippen molar-refractivity contribution in [3.8, 4) is 5.75 Å². The van der Waals surface area contributed by atoms with E-state index in [1.807, 2.05) is 30.7 Å². The van der Waals surface area contributed by atoms with Crippen molar-refractivity contribution in [2.24, 2.45) is 0 Å². The van der Waals surface area contributed by atoms with Gasteiger partial charge in [-0.1, -0.05) is 18.2 Å². The molecule has 2 aliphatic rings. The van der Waals surface area contributed by atoms with E-state index in [0.29, 0.717) is 12.0 Å². The van der Waals surface area contributed by atoms with Crippen LogP contribution in [-0.2, 0) is 0 Å². The maximum Gasteiger partial charge on any atom is 0.122 e. The number of aromatic nitrogens is 2. The number of fused-ring (bicyclic) bond motifs is 1. The predicted molar refractivity (Wildman–Crippen MR) is 79.4 cm³/mol. The van der Waals surface area contributed by atoms with Gasteiger partial charge in [-0.2, -0.15) is 0 Å². The van der Waals surface area contributed by atoms with Gasteiger partial charge >= 0.3 is 0 Å². The van der Waals surface area contributed by atoms with Gasteiger partial charge in [-0.3, -0.25) is 0 Å². The molecule has 0 radical (unpaired) electrons. The Balaban J connectivity index is 1.55. The number of hydrogen-bond donors (Lipinski definition) is 1. The van der Waals surface area contributed by atoms with Crippen molar-refractivity contribution in [3.63, 3.8) is 0 Å². The van der Waals surface area contributed by atoms with Gasteiger partial charge in [0.05, 0.1) is 30.9 Å². The molecule has 1 fully saturated rings. The molecule has 2 heterocycles. The second-order valence-corrected chi connectivity index (χ2v) is 6.08. The summed E-state index contributed by atoms with van der Waals surface area (Å²) in [6, 6.07) is 8.73. The third-order valence-electron chi connectivity index (χ3n) is 4.57. The Morgan fingerprint density at radius 2 is 2.14 bits per heavy atom. The van der Waals surface area contributed by atoms with Gasteiger partial charge in [-0.15, -0.1) is 0 Å².